The number of rotatable bonds is 3. The number of nitrogens with zero attached hydrogens (tertiary/aromatic N) is 1. The number of carbonyl (C=O) groups excluding carboxylic acids is 1. The van der Waals surface area contributed by atoms with Gasteiger partial charge in [0.15, 0.2) is 0 Å². The predicted molar refractivity (Wildman–Crippen MR) is 73.2 cm³/mol. The number of nitrogens with two attached hydrogens (primary N) is 1. The molecule has 0 heterocycles. The summed E-state index contributed by atoms with van der Waals surface area (Å²) in [6.07, 6.45) is 0. The Morgan fingerprint density at radius 3 is 2.33 bits per heavy atom. The summed E-state index contributed by atoms with van der Waals surface area (Å²) in [5.74, 6) is -0.223. The minimum atomic E-state index is -0.223. The average molecular weight is 241 g/mol. The summed E-state index contributed by atoms with van der Waals surface area (Å²) in [6.45, 7) is 0. The molecule has 2 rings (SSSR count). The fourth-order valence-electron chi connectivity index (χ4n) is 1.63. The Morgan fingerprint density at radius 1 is 1.06 bits per heavy atom. The molecule has 0 aliphatic heterocycles. The molecule has 0 aliphatic carbocycles. The number of anilines is 2. The third-order valence-electron chi connectivity index (χ3n) is 2.62. The molecule has 0 atom stereocenters. The van der Waals surface area contributed by atoms with Gasteiger partial charge in [-0.15, -0.1) is 0 Å². The Balaban J connectivity index is 2.11. The summed E-state index contributed by atoms with van der Waals surface area (Å²) < 4.78 is 0. The highest BCUT2D eigenvalue weighted by atomic mass is 16.2. The Labute approximate surface area is 106 Å². The minimum absolute atomic E-state index is 0.223. The van der Waals surface area contributed by atoms with Crippen molar-refractivity contribution in [1.29, 1.82) is 0 Å². The summed E-state index contributed by atoms with van der Waals surface area (Å²) in [6, 6.07) is 16.6. The SMILES string of the molecule is CN(NC(=O)c1ccccc1N)c1ccccc1. The van der Waals surface area contributed by atoms with Gasteiger partial charge in [0.2, 0.25) is 0 Å². The van der Waals surface area contributed by atoms with Crippen LogP contribution in [0.5, 0.6) is 0 Å². The van der Waals surface area contributed by atoms with Crippen LogP contribution >= 0.6 is 0 Å². The molecular formula is C14H15N3O. The van der Waals surface area contributed by atoms with Crippen molar-refractivity contribution in [2.24, 2.45) is 0 Å². The second kappa shape index (κ2) is 5.23. The number of hydrogen-bond acceptors (Lipinski definition) is 3. The van der Waals surface area contributed by atoms with Crippen molar-refractivity contribution in [1.82, 2.24) is 5.43 Å². The molecule has 0 saturated carbocycles. The van der Waals surface area contributed by atoms with E-state index >= 15 is 0 Å². The van der Waals surface area contributed by atoms with Gasteiger partial charge in [-0.25, -0.2) is 0 Å². The first-order valence-corrected chi connectivity index (χ1v) is 5.63. The van der Waals surface area contributed by atoms with Gasteiger partial charge in [0.25, 0.3) is 5.91 Å². The molecule has 4 heteroatoms. The van der Waals surface area contributed by atoms with Gasteiger partial charge >= 0.3 is 0 Å². The lowest BCUT2D eigenvalue weighted by molar-refractivity contribution is 0.0952. The fourth-order valence-corrected chi connectivity index (χ4v) is 1.63. The van der Waals surface area contributed by atoms with Crippen LogP contribution in [0.2, 0.25) is 0 Å². The van der Waals surface area contributed by atoms with Crippen molar-refractivity contribution >= 4 is 17.3 Å². The Morgan fingerprint density at radius 2 is 1.67 bits per heavy atom. The van der Waals surface area contributed by atoms with Gasteiger partial charge in [-0.2, -0.15) is 0 Å². The normalized spacial score (nSPS) is 9.83. The summed E-state index contributed by atoms with van der Waals surface area (Å²) in [7, 11) is 1.78. The van der Waals surface area contributed by atoms with Crippen molar-refractivity contribution in [3.63, 3.8) is 0 Å². The monoisotopic (exact) mass is 241 g/mol. The Hall–Kier alpha value is -2.49. The van der Waals surface area contributed by atoms with E-state index in [1.54, 1.807) is 36.3 Å². The van der Waals surface area contributed by atoms with Crippen LogP contribution in [0.25, 0.3) is 0 Å². The van der Waals surface area contributed by atoms with E-state index in [0.717, 1.165) is 5.69 Å². The second-order valence-electron chi connectivity index (χ2n) is 3.92. The molecule has 0 radical (unpaired) electrons. The highest BCUT2D eigenvalue weighted by molar-refractivity contribution is 5.99. The van der Waals surface area contributed by atoms with E-state index in [-0.39, 0.29) is 5.91 Å². The maximum atomic E-state index is 12.0. The lowest BCUT2D eigenvalue weighted by Crippen LogP contribution is -2.39. The lowest BCUT2D eigenvalue weighted by atomic mass is 10.2. The maximum absolute atomic E-state index is 12.0. The first kappa shape index (κ1) is 12.0. The van der Waals surface area contributed by atoms with Crippen LogP contribution in [-0.2, 0) is 0 Å². The fraction of sp³-hybridized carbons (Fsp3) is 0.0714. The molecule has 1 amide bonds. The molecule has 4 nitrogen and oxygen atoms in total. The molecule has 0 aromatic heterocycles. The highest BCUT2D eigenvalue weighted by Crippen LogP contribution is 2.12. The molecular weight excluding hydrogens is 226 g/mol. The standard InChI is InChI=1S/C14H15N3O/c1-17(11-7-3-2-4-8-11)16-14(18)12-9-5-6-10-13(12)15/h2-10H,15H2,1H3,(H,16,18). The molecule has 0 fully saturated rings. The summed E-state index contributed by atoms with van der Waals surface area (Å²) >= 11 is 0. The molecule has 2 aromatic carbocycles. The number of nitrogen functional groups attached to an aromatic ring is 1. The summed E-state index contributed by atoms with van der Waals surface area (Å²) in [4.78, 5) is 12.0. The first-order valence-electron chi connectivity index (χ1n) is 5.63. The van der Waals surface area contributed by atoms with Crippen LogP contribution in [0.3, 0.4) is 0 Å². The van der Waals surface area contributed by atoms with E-state index in [1.165, 1.54) is 0 Å². The first-order chi connectivity index (χ1) is 8.68. The number of hydrazine groups is 1. The molecule has 18 heavy (non-hydrogen) atoms. The zero-order valence-electron chi connectivity index (χ0n) is 10.1. The Bertz CT molecular complexity index is 540. The van der Waals surface area contributed by atoms with E-state index < -0.39 is 0 Å². The van der Waals surface area contributed by atoms with Gasteiger partial charge in [-0.05, 0) is 24.3 Å². The van der Waals surface area contributed by atoms with Crippen LogP contribution in [0.4, 0.5) is 11.4 Å². The second-order valence-corrected chi connectivity index (χ2v) is 3.92. The van der Waals surface area contributed by atoms with Gasteiger partial charge in [-0.3, -0.25) is 15.2 Å². The number of para-hydroxylation sites is 2. The van der Waals surface area contributed by atoms with Crippen LogP contribution in [0.1, 0.15) is 10.4 Å². The third kappa shape index (κ3) is 2.60. The van der Waals surface area contributed by atoms with Gasteiger partial charge in [0, 0.05) is 12.7 Å². The van der Waals surface area contributed by atoms with Crippen molar-refractivity contribution in [3.05, 3.63) is 60.2 Å². The molecule has 0 saturated heterocycles. The smallest absolute Gasteiger partial charge is 0.271 e. The van der Waals surface area contributed by atoms with Gasteiger partial charge in [-0.1, -0.05) is 30.3 Å². The zero-order chi connectivity index (χ0) is 13.0. The van der Waals surface area contributed by atoms with Gasteiger partial charge < -0.3 is 5.73 Å². The number of carbonyl (C=O) groups is 1. The molecule has 0 unspecified atom stereocenters. The largest absolute Gasteiger partial charge is 0.398 e. The predicted octanol–water partition coefficient (Wildman–Crippen LogP) is 2.05. The van der Waals surface area contributed by atoms with Crippen molar-refractivity contribution in [2.45, 2.75) is 0 Å². The molecule has 3 N–H and O–H groups in total. The molecule has 2 aromatic rings. The van der Waals surface area contributed by atoms with Crippen molar-refractivity contribution in [2.75, 3.05) is 17.8 Å². The quantitative estimate of drug-likeness (QED) is 0.638. The van der Waals surface area contributed by atoms with Crippen LogP contribution < -0.4 is 16.2 Å². The topological polar surface area (TPSA) is 58.4 Å². The van der Waals surface area contributed by atoms with Crippen LogP contribution in [0, 0.1) is 0 Å². The number of benzene rings is 2. The molecule has 92 valence electrons. The third-order valence-corrected chi connectivity index (χ3v) is 2.62. The summed E-state index contributed by atoms with van der Waals surface area (Å²) in [5.41, 5.74) is 10.4. The molecule has 0 spiro atoms. The van der Waals surface area contributed by atoms with Crippen molar-refractivity contribution < 1.29 is 4.79 Å². The van der Waals surface area contributed by atoms with E-state index in [1.807, 2.05) is 30.3 Å². The number of nitrogens with one attached hydrogen (secondary N) is 1. The Kier molecular flexibility index (Phi) is 3.48. The zero-order valence-corrected chi connectivity index (χ0v) is 10.1. The maximum Gasteiger partial charge on any atom is 0.271 e. The van der Waals surface area contributed by atoms with Crippen LogP contribution in [0.15, 0.2) is 54.6 Å². The molecule has 0 aliphatic rings. The number of hydrogen-bond donors (Lipinski definition) is 2. The van der Waals surface area contributed by atoms with Gasteiger partial charge in [0.05, 0.1) is 11.3 Å². The van der Waals surface area contributed by atoms with E-state index in [9.17, 15) is 4.79 Å². The van der Waals surface area contributed by atoms with E-state index in [0.29, 0.717) is 11.3 Å². The molecule has 0 bridgehead atoms. The van der Waals surface area contributed by atoms with E-state index in [4.69, 9.17) is 5.73 Å². The minimum Gasteiger partial charge on any atom is -0.398 e. The lowest BCUT2D eigenvalue weighted by Gasteiger charge is -2.20. The van der Waals surface area contributed by atoms with E-state index in [2.05, 4.69) is 5.43 Å². The van der Waals surface area contributed by atoms with Crippen LogP contribution in [-0.4, -0.2) is 13.0 Å². The van der Waals surface area contributed by atoms with Crippen molar-refractivity contribution in [3.8, 4) is 0 Å². The summed E-state index contributed by atoms with van der Waals surface area (Å²) in [5, 5.41) is 1.66. The number of amides is 1. The average Bonchev–Trinajstić information content (AvgIpc) is 2.40. The highest BCUT2D eigenvalue weighted by Gasteiger charge is 2.10. The van der Waals surface area contributed by atoms with Gasteiger partial charge in [0.1, 0.15) is 0 Å².